The van der Waals surface area contributed by atoms with E-state index in [9.17, 15) is 13.2 Å². The molecule has 0 bridgehead atoms. The highest BCUT2D eigenvalue weighted by molar-refractivity contribution is 6.32. The highest BCUT2D eigenvalue weighted by atomic mass is 35.5. The summed E-state index contributed by atoms with van der Waals surface area (Å²) in [5.74, 6) is 0. The predicted molar refractivity (Wildman–Crippen MR) is 35.1 cm³/mol. The average Bonchev–Trinajstić information content (AvgIpc) is 1.61. The van der Waals surface area contributed by atoms with Gasteiger partial charge in [-0.15, -0.1) is 0 Å². The lowest BCUT2D eigenvalue weighted by Gasteiger charge is -2.21. The first-order valence-electron chi connectivity index (χ1n) is 2.55. The standard InChI is InChI=1S/C5H6Cl2F3/c1-2-3-4(6,8)5(7,9)10/h1-3H2. The number of alkyl halides is 5. The molecule has 61 valence electrons. The van der Waals surface area contributed by atoms with E-state index in [2.05, 4.69) is 18.5 Å². The molecule has 5 heteroatoms. The van der Waals surface area contributed by atoms with Gasteiger partial charge in [0.1, 0.15) is 0 Å². The maximum absolute atomic E-state index is 12.4. The Balaban J connectivity index is 4.10. The lowest BCUT2D eigenvalue weighted by atomic mass is 10.2. The van der Waals surface area contributed by atoms with Crippen LogP contribution < -0.4 is 0 Å². The largest absolute Gasteiger partial charge is 0.368 e. The van der Waals surface area contributed by atoms with Gasteiger partial charge in [-0.1, -0.05) is 18.5 Å². The Hall–Kier alpha value is 0.370. The van der Waals surface area contributed by atoms with Crippen LogP contribution in [0.3, 0.4) is 0 Å². The highest BCUT2D eigenvalue weighted by Gasteiger charge is 2.51. The fourth-order valence-corrected chi connectivity index (χ4v) is 0.592. The molecule has 0 amide bonds. The van der Waals surface area contributed by atoms with Crippen LogP contribution in [0.4, 0.5) is 13.2 Å². The molecule has 0 fully saturated rings. The molecule has 0 aliphatic rings. The molecule has 0 saturated heterocycles. The molecule has 0 nitrogen and oxygen atoms in total. The van der Waals surface area contributed by atoms with Crippen LogP contribution in [0.25, 0.3) is 0 Å². The summed E-state index contributed by atoms with van der Waals surface area (Å²) < 4.78 is 36.3. The predicted octanol–water partition coefficient (Wildman–Crippen LogP) is 3.34. The van der Waals surface area contributed by atoms with Crippen molar-refractivity contribution in [3.8, 4) is 0 Å². The maximum atomic E-state index is 12.4. The van der Waals surface area contributed by atoms with Crippen LogP contribution in [0.1, 0.15) is 12.8 Å². The SMILES string of the molecule is [CH2]CCC(F)(Cl)C(F)(F)Cl. The van der Waals surface area contributed by atoms with Gasteiger partial charge in [0.2, 0.25) is 0 Å². The van der Waals surface area contributed by atoms with Crippen molar-refractivity contribution in [2.45, 2.75) is 23.4 Å². The summed E-state index contributed by atoms with van der Waals surface area (Å²) in [6.45, 7) is 3.17. The van der Waals surface area contributed by atoms with Gasteiger partial charge in [-0.3, -0.25) is 0 Å². The Bertz CT molecular complexity index is 108. The zero-order valence-electron chi connectivity index (χ0n) is 5.01. The second-order valence-electron chi connectivity index (χ2n) is 1.81. The lowest BCUT2D eigenvalue weighted by molar-refractivity contribution is -0.0234. The van der Waals surface area contributed by atoms with Gasteiger partial charge in [0.25, 0.3) is 5.13 Å². The van der Waals surface area contributed by atoms with E-state index in [1.165, 1.54) is 0 Å². The van der Waals surface area contributed by atoms with Crippen molar-refractivity contribution in [2.75, 3.05) is 0 Å². The van der Waals surface area contributed by atoms with Gasteiger partial charge in [0.15, 0.2) is 0 Å². The van der Waals surface area contributed by atoms with Crippen molar-refractivity contribution in [3.63, 3.8) is 0 Å². The third-order valence-electron chi connectivity index (χ3n) is 0.905. The minimum absolute atomic E-state index is 0.0255. The van der Waals surface area contributed by atoms with Gasteiger partial charge in [0, 0.05) is 6.42 Å². The molecular formula is C5H6Cl2F3. The lowest BCUT2D eigenvalue weighted by Crippen LogP contribution is -2.33. The average molecular weight is 194 g/mol. The summed E-state index contributed by atoms with van der Waals surface area (Å²) in [5, 5.41) is -7.19. The Kier molecular flexibility index (Phi) is 3.30. The van der Waals surface area contributed by atoms with Gasteiger partial charge in [-0.2, -0.15) is 8.78 Å². The zero-order chi connectivity index (χ0) is 8.41. The van der Waals surface area contributed by atoms with Crippen molar-refractivity contribution >= 4 is 23.2 Å². The topological polar surface area (TPSA) is 0 Å². The van der Waals surface area contributed by atoms with Gasteiger partial charge in [0.05, 0.1) is 0 Å². The molecule has 0 aromatic rings. The van der Waals surface area contributed by atoms with Crippen LogP contribution in [-0.2, 0) is 0 Å². The molecule has 0 spiro atoms. The summed E-state index contributed by atoms with van der Waals surface area (Å²) in [4.78, 5) is 0. The maximum Gasteiger partial charge on any atom is 0.368 e. The van der Waals surface area contributed by atoms with Crippen LogP contribution in [0.15, 0.2) is 0 Å². The smallest absolute Gasteiger partial charge is 0.218 e. The Morgan fingerprint density at radius 1 is 1.20 bits per heavy atom. The van der Waals surface area contributed by atoms with Gasteiger partial charge < -0.3 is 0 Å². The molecule has 1 atom stereocenters. The Morgan fingerprint density at radius 3 is 1.70 bits per heavy atom. The summed E-state index contributed by atoms with van der Waals surface area (Å²) in [7, 11) is 0. The Morgan fingerprint density at radius 2 is 1.60 bits per heavy atom. The summed E-state index contributed by atoms with van der Waals surface area (Å²) in [6, 6.07) is 0. The van der Waals surface area contributed by atoms with E-state index in [4.69, 9.17) is 11.6 Å². The molecule has 0 saturated carbocycles. The monoisotopic (exact) mass is 193 g/mol. The van der Waals surface area contributed by atoms with Gasteiger partial charge in [-0.25, -0.2) is 4.39 Å². The fourth-order valence-electron chi connectivity index (χ4n) is 0.364. The van der Waals surface area contributed by atoms with Crippen molar-refractivity contribution in [1.29, 1.82) is 0 Å². The summed E-state index contributed by atoms with van der Waals surface area (Å²) >= 11 is 9.06. The van der Waals surface area contributed by atoms with E-state index in [1.54, 1.807) is 0 Å². The third kappa shape index (κ3) is 2.54. The normalized spacial score (nSPS) is 18.6. The number of hydrogen-bond acceptors (Lipinski definition) is 0. The van der Waals surface area contributed by atoms with Crippen LogP contribution >= 0.6 is 23.2 Å². The van der Waals surface area contributed by atoms with Crippen molar-refractivity contribution in [1.82, 2.24) is 0 Å². The molecule has 0 aliphatic carbocycles. The number of halogens is 5. The van der Waals surface area contributed by atoms with Crippen LogP contribution in [0, 0.1) is 6.92 Å². The van der Waals surface area contributed by atoms with E-state index in [1.807, 2.05) is 0 Å². The van der Waals surface area contributed by atoms with Crippen molar-refractivity contribution in [3.05, 3.63) is 6.92 Å². The first-order valence-corrected chi connectivity index (χ1v) is 3.30. The highest BCUT2D eigenvalue weighted by Crippen LogP contribution is 2.42. The van der Waals surface area contributed by atoms with E-state index in [0.29, 0.717) is 0 Å². The van der Waals surface area contributed by atoms with Gasteiger partial charge >= 0.3 is 5.38 Å². The summed E-state index contributed by atoms with van der Waals surface area (Å²) in [6.07, 6.45) is -0.590. The van der Waals surface area contributed by atoms with Crippen LogP contribution in [-0.4, -0.2) is 10.5 Å². The summed E-state index contributed by atoms with van der Waals surface area (Å²) in [5.41, 5.74) is 0. The quantitative estimate of drug-likeness (QED) is 0.604. The first kappa shape index (κ1) is 10.4. The van der Waals surface area contributed by atoms with Crippen LogP contribution in [0.5, 0.6) is 0 Å². The van der Waals surface area contributed by atoms with Crippen LogP contribution in [0.2, 0.25) is 0 Å². The molecular weight excluding hydrogens is 188 g/mol. The number of hydrogen-bond donors (Lipinski definition) is 0. The fraction of sp³-hybridized carbons (Fsp3) is 0.800. The molecule has 1 radical (unpaired) electrons. The van der Waals surface area contributed by atoms with Crippen molar-refractivity contribution in [2.24, 2.45) is 0 Å². The van der Waals surface area contributed by atoms with E-state index in [-0.39, 0.29) is 6.42 Å². The Labute approximate surface area is 67.3 Å². The van der Waals surface area contributed by atoms with E-state index >= 15 is 0 Å². The molecule has 0 N–H and O–H groups in total. The molecule has 10 heavy (non-hydrogen) atoms. The minimum atomic E-state index is -4.02. The first-order chi connectivity index (χ1) is 4.31. The molecule has 0 aliphatic heterocycles. The molecule has 0 aromatic carbocycles. The molecule has 0 rings (SSSR count). The molecule has 0 aromatic heterocycles. The van der Waals surface area contributed by atoms with Crippen molar-refractivity contribution < 1.29 is 13.2 Å². The minimum Gasteiger partial charge on any atom is -0.218 e. The van der Waals surface area contributed by atoms with Gasteiger partial charge in [-0.05, 0) is 18.0 Å². The molecule has 1 unspecified atom stereocenters. The van der Waals surface area contributed by atoms with E-state index < -0.39 is 16.9 Å². The third-order valence-corrected chi connectivity index (χ3v) is 1.73. The zero-order valence-corrected chi connectivity index (χ0v) is 6.52. The number of rotatable bonds is 3. The second kappa shape index (κ2) is 3.18. The molecule has 0 heterocycles. The second-order valence-corrected chi connectivity index (χ2v) is 2.88. The van der Waals surface area contributed by atoms with E-state index in [0.717, 1.165) is 0 Å².